The van der Waals surface area contributed by atoms with Gasteiger partial charge in [0.25, 0.3) is 0 Å². The van der Waals surface area contributed by atoms with Crippen LogP contribution in [0, 0.1) is 0 Å². The van der Waals surface area contributed by atoms with Gasteiger partial charge in [-0.1, -0.05) is 42.5 Å². The summed E-state index contributed by atoms with van der Waals surface area (Å²) < 4.78 is 0. The van der Waals surface area contributed by atoms with Crippen LogP contribution in [0.5, 0.6) is 0 Å². The van der Waals surface area contributed by atoms with Gasteiger partial charge < -0.3 is 16.8 Å². The van der Waals surface area contributed by atoms with Gasteiger partial charge in [-0.25, -0.2) is 0 Å². The van der Waals surface area contributed by atoms with E-state index in [1.165, 1.54) is 6.92 Å². The van der Waals surface area contributed by atoms with E-state index in [4.69, 9.17) is 11.5 Å². The molecule has 0 saturated heterocycles. The van der Waals surface area contributed by atoms with E-state index >= 15 is 0 Å². The lowest BCUT2D eigenvalue weighted by molar-refractivity contribution is -0.127. The molecule has 21 heavy (non-hydrogen) atoms. The molecule has 2 aromatic carbocycles. The summed E-state index contributed by atoms with van der Waals surface area (Å²) in [5.74, 6) is -0.963. The maximum atomic E-state index is 12.0. The second-order valence-electron chi connectivity index (χ2n) is 5.08. The highest BCUT2D eigenvalue weighted by atomic mass is 16.2. The maximum Gasteiger partial charge on any atom is 0.239 e. The van der Waals surface area contributed by atoms with Crippen molar-refractivity contribution < 1.29 is 9.59 Å². The van der Waals surface area contributed by atoms with Crippen molar-refractivity contribution in [3.05, 3.63) is 48.0 Å². The minimum atomic E-state index is -0.726. The zero-order valence-corrected chi connectivity index (χ0v) is 11.9. The van der Waals surface area contributed by atoms with Gasteiger partial charge in [-0.15, -0.1) is 0 Å². The number of hydrogen-bond acceptors (Lipinski definition) is 3. The van der Waals surface area contributed by atoms with Crippen LogP contribution in [0.3, 0.4) is 0 Å². The Kier molecular flexibility index (Phi) is 4.55. The van der Waals surface area contributed by atoms with Gasteiger partial charge in [0.05, 0.1) is 6.04 Å². The Morgan fingerprint density at radius 3 is 2.52 bits per heavy atom. The fourth-order valence-corrected chi connectivity index (χ4v) is 2.19. The van der Waals surface area contributed by atoms with E-state index in [1.807, 2.05) is 42.5 Å². The second-order valence-corrected chi connectivity index (χ2v) is 5.08. The van der Waals surface area contributed by atoms with Crippen molar-refractivity contribution in [2.24, 2.45) is 11.5 Å². The number of rotatable bonds is 5. The van der Waals surface area contributed by atoms with Crippen molar-refractivity contribution in [1.82, 2.24) is 5.32 Å². The van der Waals surface area contributed by atoms with Crippen LogP contribution in [-0.4, -0.2) is 23.9 Å². The Hall–Kier alpha value is -2.40. The summed E-state index contributed by atoms with van der Waals surface area (Å²) in [6.45, 7) is 1.53. The molecule has 5 heteroatoms. The van der Waals surface area contributed by atoms with Crippen molar-refractivity contribution in [1.29, 1.82) is 0 Å². The normalized spacial score (nSPS) is 13.6. The number of fused-ring (bicyclic) bond motifs is 1. The molecule has 0 heterocycles. The third-order valence-electron chi connectivity index (χ3n) is 3.44. The van der Waals surface area contributed by atoms with Crippen LogP contribution < -0.4 is 16.8 Å². The average Bonchev–Trinajstić information content (AvgIpc) is 2.47. The molecule has 2 rings (SSSR count). The van der Waals surface area contributed by atoms with E-state index < -0.39 is 18.0 Å². The molecule has 0 fully saturated rings. The van der Waals surface area contributed by atoms with Gasteiger partial charge in [-0.2, -0.15) is 0 Å². The molecule has 0 saturated carbocycles. The molecular formula is C16H19N3O2. The van der Waals surface area contributed by atoms with Gasteiger partial charge >= 0.3 is 0 Å². The number of primary amides is 1. The standard InChI is InChI=1S/C16H19N3O2/c1-10(15(18)20)19-16(21)14(17)9-12-7-4-6-11-5-2-3-8-13(11)12/h2-8,10,14H,9,17H2,1H3,(H2,18,20)(H,19,21)/t10-,14+/m0/s1. The van der Waals surface area contributed by atoms with Crippen molar-refractivity contribution in [2.75, 3.05) is 0 Å². The Morgan fingerprint density at radius 2 is 1.81 bits per heavy atom. The number of amides is 2. The third kappa shape index (κ3) is 3.58. The van der Waals surface area contributed by atoms with E-state index in [-0.39, 0.29) is 5.91 Å². The highest BCUT2D eigenvalue weighted by Gasteiger charge is 2.19. The minimum Gasteiger partial charge on any atom is -0.368 e. The number of nitrogens with two attached hydrogens (primary N) is 2. The molecule has 0 aromatic heterocycles. The van der Waals surface area contributed by atoms with Crippen molar-refractivity contribution in [3.8, 4) is 0 Å². The first-order chi connectivity index (χ1) is 9.99. The van der Waals surface area contributed by atoms with Crippen LogP contribution in [0.4, 0.5) is 0 Å². The van der Waals surface area contributed by atoms with Crippen LogP contribution >= 0.6 is 0 Å². The molecule has 110 valence electrons. The number of hydrogen-bond donors (Lipinski definition) is 3. The van der Waals surface area contributed by atoms with Crippen LogP contribution in [0.15, 0.2) is 42.5 Å². The summed E-state index contributed by atoms with van der Waals surface area (Å²) in [6.07, 6.45) is 0.401. The zero-order valence-electron chi connectivity index (χ0n) is 11.9. The molecule has 2 aromatic rings. The molecule has 0 aliphatic carbocycles. The minimum absolute atomic E-state index is 0.380. The van der Waals surface area contributed by atoms with Crippen LogP contribution in [-0.2, 0) is 16.0 Å². The molecule has 0 spiro atoms. The van der Waals surface area contributed by atoms with Crippen molar-refractivity contribution in [2.45, 2.75) is 25.4 Å². The third-order valence-corrected chi connectivity index (χ3v) is 3.44. The summed E-state index contributed by atoms with van der Waals surface area (Å²) in [5.41, 5.74) is 12.0. The highest BCUT2D eigenvalue weighted by Crippen LogP contribution is 2.19. The lowest BCUT2D eigenvalue weighted by Crippen LogP contribution is -2.49. The first-order valence-electron chi connectivity index (χ1n) is 6.81. The molecule has 2 atom stereocenters. The summed E-state index contributed by atoms with van der Waals surface area (Å²) in [7, 11) is 0. The SMILES string of the molecule is C[C@H](NC(=O)[C@H](N)Cc1cccc2ccccc12)C(N)=O. The molecule has 0 aliphatic heterocycles. The molecule has 5 N–H and O–H groups in total. The number of carbonyl (C=O) groups is 2. The molecular weight excluding hydrogens is 266 g/mol. The van der Waals surface area contributed by atoms with Gasteiger partial charge in [0, 0.05) is 0 Å². The van der Waals surface area contributed by atoms with Crippen molar-refractivity contribution >= 4 is 22.6 Å². The molecule has 0 bridgehead atoms. The first-order valence-corrected chi connectivity index (χ1v) is 6.81. The Bertz CT molecular complexity index is 664. The number of nitrogens with one attached hydrogen (secondary N) is 1. The molecule has 5 nitrogen and oxygen atoms in total. The summed E-state index contributed by atoms with van der Waals surface area (Å²) in [5, 5.41) is 4.69. The van der Waals surface area contributed by atoms with E-state index in [0.717, 1.165) is 16.3 Å². The second kappa shape index (κ2) is 6.37. The van der Waals surface area contributed by atoms with E-state index in [2.05, 4.69) is 5.32 Å². The molecule has 2 amide bonds. The number of carbonyl (C=O) groups excluding carboxylic acids is 2. The first kappa shape index (κ1) is 15.0. The van der Waals surface area contributed by atoms with Gasteiger partial charge in [0.1, 0.15) is 6.04 Å². The lowest BCUT2D eigenvalue weighted by Gasteiger charge is -2.16. The fraction of sp³-hybridized carbons (Fsp3) is 0.250. The van der Waals surface area contributed by atoms with Crippen LogP contribution in [0.25, 0.3) is 10.8 Å². The highest BCUT2D eigenvalue weighted by molar-refractivity contribution is 5.90. The Morgan fingerprint density at radius 1 is 1.14 bits per heavy atom. The van der Waals surface area contributed by atoms with Gasteiger partial charge in [0.2, 0.25) is 11.8 Å². The number of benzene rings is 2. The quantitative estimate of drug-likeness (QED) is 0.754. The van der Waals surface area contributed by atoms with Crippen molar-refractivity contribution in [3.63, 3.8) is 0 Å². The smallest absolute Gasteiger partial charge is 0.239 e. The van der Waals surface area contributed by atoms with E-state index in [9.17, 15) is 9.59 Å². The average molecular weight is 285 g/mol. The maximum absolute atomic E-state index is 12.0. The zero-order chi connectivity index (χ0) is 15.4. The summed E-state index contributed by atoms with van der Waals surface area (Å²) in [4.78, 5) is 22.9. The molecule has 0 radical (unpaired) electrons. The topological polar surface area (TPSA) is 98.2 Å². The lowest BCUT2D eigenvalue weighted by atomic mass is 9.98. The summed E-state index contributed by atoms with van der Waals surface area (Å²) >= 11 is 0. The predicted molar refractivity (Wildman–Crippen MR) is 82.4 cm³/mol. The molecule has 0 aliphatic rings. The van der Waals surface area contributed by atoms with Gasteiger partial charge in [-0.3, -0.25) is 9.59 Å². The van der Waals surface area contributed by atoms with Crippen LogP contribution in [0.1, 0.15) is 12.5 Å². The fourth-order valence-electron chi connectivity index (χ4n) is 2.19. The van der Waals surface area contributed by atoms with E-state index in [1.54, 1.807) is 0 Å². The summed E-state index contributed by atoms with van der Waals surface area (Å²) in [6, 6.07) is 12.4. The van der Waals surface area contributed by atoms with Gasteiger partial charge in [-0.05, 0) is 29.7 Å². The largest absolute Gasteiger partial charge is 0.368 e. The van der Waals surface area contributed by atoms with E-state index in [0.29, 0.717) is 6.42 Å². The van der Waals surface area contributed by atoms with Crippen LogP contribution in [0.2, 0.25) is 0 Å². The Labute approximate surface area is 123 Å². The van der Waals surface area contributed by atoms with Gasteiger partial charge in [0.15, 0.2) is 0 Å². The molecule has 0 unspecified atom stereocenters. The monoisotopic (exact) mass is 285 g/mol. The Balaban J connectivity index is 2.13. The predicted octanol–water partition coefficient (Wildman–Crippen LogP) is 0.700.